The first-order chi connectivity index (χ1) is 8.13. The number of carbonyl (C=O) groups excluding carboxylic acids is 1. The highest BCUT2D eigenvalue weighted by Gasteiger charge is 2.30. The number of nitrogens with one attached hydrogen (secondary N) is 1. The first-order valence-electron chi connectivity index (χ1n) is 5.96. The highest BCUT2D eigenvalue weighted by Crippen LogP contribution is 2.26. The van der Waals surface area contributed by atoms with Crippen molar-refractivity contribution in [3.63, 3.8) is 0 Å². The molecule has 5 heteroatoms. The van der Waals surface area contributed by atoms with Crippen LogP contribution < -0.4 is 11.1 Å². The summed E-state index contributed by atoms with van der Waals surface area (Å²) in [5.74, 6) is -0.0147. The molecular formula is C14H22BrClN2O. The van der Waals surface area contributed by atoms with Crippen LogP contribution in [0.15, 0.2) is 28.7 Å². The van der Waals surface area contributed by atoms with Gasteiger partial charge in [-0.2, -0.15) is 0 Å². The molecule has 1 rings (SSSR count). The molecule has 0 saturated carbocycles. The molecule has 1 aromatic rings. The predicted octanol–water partition coefficient (Wildman–Crippen LogP) is 3.00. The highest BCUT2D eigenvalue weighted by atomic mass is 79.9. The standard InChI is InChI=1S/C14H21BrN2O.ClH/c1-13(2,16)9-17-12(18)14(3,4)10-6-5-7-11(15)8-10;/h5-8H,9,16H2,1-4H3,(H,17,18);1H. The molecule has 0 atom stereocenters. The van der Waals surface area contributed by atoms with Crippen molar-refractivity contribution in [2.45, 2.75) is 38.6 Å². The Bertz CT molecular complexity index is 441. The molecule has 3 nitrogen and oxygen atoms in total. The summed E-state index contributed by atoms with van der Waals surface area (Å²) < 4.78 is 0.972. The summed E-state index contributed by atoms with van der Waals surface area (Å²) in [6.45, 7) is 8.06. The first kappa shape index (κ1) is 18.4. The quantitative estimate of drug-likeness (QED) is 0.878. The van der Waals surface area contributed by atoms with Crippen LogP contribution in [-0.2, 0) is 10.2 Å². The van der Waals surface area contributed by atoms with E-state index in [1.165, 1.54) is 0 Å². The predicted molar refractivity (Wildman–Crippen MR) is 85.7 cm³/mol. The van der Waals surface area contributed by atoms with Crippen molar-refractivity contribution in [3.05, 3.63) is 34.3 Å². The van der Waals surface area contributed by atoms with E-state index in [4.69, 9.17) is 5.73 Å². The van der Waals surface area contributed by atoms with Gasteiger partial charge in [-0.1, -0.05) is 28.1 Å². The van der Waals surface area contributed by atoms with Crippen LogP contribution >= 0.6 is 28.3 Å². The number of carbonyl (C=O) groups is 1. The maximum absolute atomic E-state index is 12.2. The van der Waals surface area contributed by atoms with Crippen LogP contribution in [0, 0.1) is 0 Å². The summed E-state index contributed by atoms with van der Waals surface area (Å²) >= 11 is 3.42. The molecule has 19 heavy (non-hydrogen) atoms. The van der Waals surface area contributed by atoms with Gasteiger partial charge in [-0.05, 0) is 45.4 Å². The van der Waals surface area contributed by atoms with E-state index in [2.05, 4.69) is 21.2 Å². The van der Waals surface area contributed by atoms with Gasteiger partial charge in [-0.15, -0.1) is 12.4 Å². The van der Waals surface area contributed by atoms with Crippen molar-refractivity contribution in [1.82, 2.24) is 5.32 Å². The lowest BCUT2D eigenvalue weighted by atomic mass is 9.83. The Hall–Kier alpha value is -0.580. The van der Waals surface area contributed by atoms with Gasteiger partial charge in [-0.3, -0.25) is 4.79 Å². The second-order valence-corrected chi connectivity index (χ2v) is 6.72. The molecule has 3 N–H and O–H groups in total. The normalized spacial score (nSPS) is 11.7. The van der Waals surface area contributed by atoms with Gasteiger partial charge < -0.3 is 11.1 Å². The van der Waals surface area contributed by atoms with E-state index in [-0.39, 0.29) is 18.3 Å². The van der Waals surface area contributed by atoms with Crippen molar-refractivity contribution >= 4 is 34.2 Å². The SMILES string of the molecule is CC(C)(N)CNC(=O)C(C)(C)c1cccc(Br)c1.Cl. The molecular weight excluding hydrogens is 328 g/mol. The Kier molecular flexibility index (Phi) is 6.52. The minimum atomic E-state index is -0.574. The number of benzene rings is 1. The second-order valence-electron chi connectivity index (χ2n) is 5.81. The summed E-state index contributed by atoms with van der Waals surface area (Å²) in [5, 5.41) is 2.90. The van der Waals surface area contributed by atoms with E-state index in [9.17, 15) is 4.79 Å². The van der Waals surface area contributed by atoms with Gasteiger partial charge in [0.25, 0.3) is 0 Å². The third-order valence-corrected chi connectivity index (χ3v) is 3.31. The molecule has 1 aromatic carbocycles. The van der Waals surface area contributed by atoms with Gasteiger partial charge in [0, 0.05) is 16.6 Å². The van der Waals surface area contributed by atoms with Crippen LogP contribution in [0.4, 0.5) is 0 Å². The summed E-state index contributed by atoms with van der Waals surface area (Å²) in [6.07, 6.45) is 0. The summed E-state index contributed by atoms with van der Waals surface area (Å²) in [5.41, 5.74) is 5.87. The molecule has 108 valence electrons. The summed E-state index contributed by atoms with van der Waals surface area (Å²) in [6, 6.07) is 7.80. The molecule has 1 amide bonds. The lowest BCUT2D eigenvalue weighted by Gasteiger charge is -2.27. The average Bonchev–Trinajstić information content (AvgIpc) is 2.24. The number of nitrogens with two attached hydrogens (primary N) is 1. The minimum absolute atomic E-state index is 0. The minimum Gasteiger partial charge on any atom is -0.354 e. The highest BCUT2D eigenvalue weighted by molar-refractivity contribution is 9.10. The number of hydrogen-bond donors (Lipinski definition) is 2. The first-order valence-corrected chi connectivity index (χ1v) is 6.75. The van der Waals surface area contributed by atoms with E-state index in [1.54, 1.807) is 0 Å². The molecule has 0 aromatic heterocycles. The maximum Gasteiger partial charge on any atom is 0.230 e. The molecule has 0 unspecified atom stereocenters. The number of rotatable bonds is 4. The smallest absolute Gasteiger partial charge is 0.230 e. The van der Waals surface area contributed by atoms with Crippen molar-refractivity contribution in [1.29, 1.82) is 0 Å². The van der Waals surface area contributed by atoms with Crippen LogP contribution in [0.2, 0.25) is 0 Å². The Morgan fingerprint density at radius 1 is 1.32 bits per heavy atom. The third-order valence-electron chi connectivity index (χ3n) is 2.82. The van der Waals surface area contributed by atoms with Gasteiger partial charge in [0.1, 0.15) is 0 Å². The lowest BCUT2D eigenvalue weighted by Crippen LogP contribution is -2.49. The Morgan fingerprint density at radius 2 is 1.89 bits per heavy atom. The zero-order valence-corrected chi connectivity index (χ0v) is 14.2. The molecule has 0 aliphatic carbocycles. The number of hydrogen-bond acceptors (Lipinski definition) is 2. The molecule has 0 fully saturated rings. The zero-order valence-electron chi connectivity index (χ0n) is 11.8. The molecule has 0 spiro atoms. The van der Waals surface area contributed by atoms with Crippen LogP contribution in [0.5, 0.6) is 0 Å². The number of amides is 1. The van der Waals surface area contributed by atoms with Crippen molar-refractivity contribution in [3.8, 4) is 0 Å². The lowest BCUT2D eigenvalue weighted by molar-refractivity contribution is -0.125. The Labute approximate surface area is 129 Å². The molecule has 0 radical (unpaired) electrons. The largest absolute Gasteiger partial charge is 0.354 e. The van der Waals surface area contributed by atoms with Crippen molar-refractivity contribution in [2.75, 3.05) is 6.54 Å². The van der Waals surface area contributed by atoms with Crippen molar-refractivity contribution < 1.29 is 4.79 Å². The molecule has 0 heterocycles. The molecule has 0 bridgehead atoms. The fourth-order valence-corrected chi connectivity index (χ4v) is 1.94. The summed E-state index contributed by atoms with van der Waals surface area (Å²) in [4.78, 5) is 12.2. The van der Waals surface area contributed by atoms with Gasteiger partial charge >= 0.3 is 0 Å². The van der Waals surface area contributed by atoms with E-state index >= 15 is 0 Å². The Morgan fingerprint density at radius 3 is 2.37 bits per heavy atom. The van der Waals surface area contributed by atoms with Crippen LogP contribution in [0.1, 0.15) is 33.3 Å². The van der Waals surface area contributed by atoms with Gasteiger partial charge in [0.05, 0.1) is 5.41 Å². The number of halogens is 2. The second kappa shape index (κ2) is 6.73. The van der Waals surface area contributed by atoms with Crippen LogP contribution in [-0.4, -0.2) is 18.0 Å². The fraction of sp³-hybridized carbons (Fsp3) is 0.500. The maximum atomic E-state index is 12.2. The van der Waals surface area contributed by atoms with Gasteiger partial charge in [0.2, 0.25) is 5.91 Å². The van der Waals surface area contributed by atoms with Crippen molar-refractivity contribution in [2.24, 2.45) is 5.73 Å². The van der Waals surface area contributed by atoms with Crippen LogP contribution in [0.3, 0.4) is 0 Å². The topological polar surface area (TPSA) is 55.1 Å². The van der Waals surface area contributed by atoms with E-state index in [0.29, 0.717) is 6.54 Å². The molecule has 0 aliphatic heterocycles. The van der Waals surface area contributed by atoms with Crippen LogP contribution in [0.25, 0.3) is 0 Å². The van der Waals surface area contributed by atoms with E-state index in [1.807, 2.05) is 52.0 Å². The zero-order chi connectivity index (χ0) is 14.0. The average molecular weight is 350 g/mol. The fourth-order valence-electron chi connectivity index (χ4n) is 1.54. The molecule has 0 saturated heterocycles. The monoisotopic (exact) mass is 348 g/mol. The third kappa shape index (κ3) is 5.51. The van der Waals surface area contributed by atoms with Gasteiger partial charge in [0.15, 0.2) is 0 Å². The Balaban J connectivity index is 0.00000324. The van der Waals surface area contributed by atoms with E-state index < -0.39 is 11.0 Å². The van der Waals surface area contributed by atoms with E-state index in [0.717, 1.165) is 10.0 Å². The molecule has 0 aliphatic rings. The summed E-state index contributed by atoms with van der Waals surface area (Å²) in [7, 11) is 0. The van der Waals surface area contributed by atoms with Gasteiger partial charge in [-0.25, -0.2) is 0 Å².